The van der Waals surface area contributed by atoms with Gasteiger partial charge in [-0.05, 0) is 49.8 Å². The van der Waals surface area contributed by atoms with Crippen LogP contribution in [0, 0.1) is 5.92 Å². The van der Waals surface area contributed by atoms with E-state index >= 15 is 0 Å². The van der Waals surface area contributed by atoms with Crippen LogP contribution in [-0.4, -0.2) is 38.4 Å². The molecule has 1 fully saturated rings. The Morgan fingerprint density at radius 3 is 2.62 bits per heavy atom. The Morgan fingerprint density at radius 2 is 1.92 bits per heavy atom. The Kier molecular flexibility index (Phi) is 5.06. The van der Waals surface area contributed by atoms with Crippen molar-refractivity contribution in [3.8, 4) is 0 Å². The summed E-state index contributed by atoms with van der Waals surface area (Å²) in [5.41, 5.74) is 2.18. The number of carbonyl (C=O) groups is 1. The van der Waals surface area contributed by atoms with Crippen LogP contribution in [0.3, 0.4) is 0 Å². The number of esters is 1. The van der Waals surface area contributed by atoms with E-state index in [1.807, 2.05) is 24.3 Å². The molecule has 1 aliphatic carbocycles. The summed E-state index contributed by atoms with van der Waals surface area (Å²) in [6, 6.07) is 7.90. The largest absolute Gasteiger partial charge is 0.466 e. The Hall–Kier alpha value is -1.66. The molecule has 1 aromatic carbocycles. The Bertz CT molecular complexity index is 746. The molecular weight excluding hydrogens is 326 g/mol. The Balaban J connectivity index is 1.72. The molecule has 3 rings (SSSR count). The molecule has 0 amide bonds. The summed E-state index contributed by atoms with van der Waals surface area (Å²) in [6.07, 6.45) is 4.15. The summed E-state index contributed by atoms with van der Waals surface area (Å²) in [7, 11) is -3.45. The van der Waals surface area contributed by atoms with Crippen molar-refractivity contribution in [3.63, 3.8) is 0 Å². The average molecular weight is 349 g/mol. The van der Waals surface area contributed by atoms with E-state index in [0.29, 0.717) is 43.9 Å². The highest BCUT2D eigenvalue weighted by molar-refractivity contribution is 7.93. The van der Waals surface area contributed by atoms with Crippen molar-refractivity contribution in [3.05, 3.63) is 40.3 Å². The number of ether oxygens (including phenoxy) is 1. The number of fused-ring (bicyclic) bond motifs is 1. The summed E-state index contributed by atoms with van der Waals surface area (Å²) < 4.78 is 32.3. The minimum absolute atomic E-state index is 0.183. The van der Waals surface area contributed by atoms with Crippen molar-refractivity contribution in [2.75, 3.05) is 19.7 Å². The maximum Gasteiger partial charge on any atom is 0.309 e. The van der Waals surface area contributed by atoms with Crippen molar-refractivity contribution in [1.29, 1.82) is 0 Å². The van der Waals surface area contributed by atoms with E-state index in [4.69, 9.17) is 4.74 Å². The summed E-state index contributed by atoms with van der Waals surface area (Å²) in [5, 5.41) is 0. The summed E-state index contributed by atoms with van der Waals surface area (Å²) in [5.74, 6) is -0.391. The van der Waals surface area contributed by atoms with Gasteiger partial charge in [-0.1, -0.05) is 24.3 Å². The van der Waals surface area contributed by atoms with E-state index in [2.05, 4.69) is 0 Å². The molecule has 0 aromatic heterocycles. The quantitative estimate of drug-likeness (QED) is 0.784. The Labute approximate surface area is 143 Å². The lowest BCUT2D eigenvalue weighted by molar-refractivity contribution is -0.149. The lowest BCUT2D eigenvalue weighted by Crippen LogP contribution is -2.41. The van der Waals surface area contributed by atoms with Crippen LogP contribution in [0.1, 0.15) is 37.3 Å². The van der Waals surface area contributed by atoms with Crippen molar-refractivity contribution in [2.45, 2.75) is 32.6 Å². The molecule has 0 N–H and O–H groups in total. The first kappa shape index (κ1) is 17.2. The van der Waals surface area contributed by atoms with E-state index in [0.717, 1.165) is 12.0 Å². The first-order chi connectivity index (χ1) is 11.5. The van der Waals surface area contributed by atoms with Gasteiger partial charge in [0.05, 0.1) is 17.4 Å². The van der Waals surface area contributed by atoms with Gasteiger partial charge in [0.2, 0.25) is 10.0 Å². The zero-order valence-electron chi connectivity index (χ0n) is 13.9. The molecule has 1 aromatic rings. The molecule has 0 unspecified atom stereocenters. The number of hydrogen-bond donors (Lipinski definition) is 0. The van der Waals surface area contributed by atoms with Gasteiger partial charge in [0.1, 0.15) is 0 Å². The molecule has 1 aliphatic heterocycles. The zero-order chi connectivity index (χ0) is 17.2. The monoisotopic (exact) mass is 349 g/mol. The fourth-order valence-corrected chi connectivity index (χ4v) is 5.03. The maximum atomic E-state index is 12.9. The second-order valence-electron chi connectivity index (χ2n) is 6.24. The second-order valence-corrected chi connectivity index (χ2v) is 8.23. The summed E-state index contributed by atoms with van der Waals surface area (Å²) in [4.78, 5) is 12.3. The third-order valence-corrected chi connectivity index (χ3v) is 6.79. The first-order valence-corrected chi connectivity index (χ1v) is 9.91. The van der Waals surface area contributed by atoms with E-state index in [9.17, 15) is 13.2 Å². The van der Waals surface area contributed by atoms with Crippen LogP contribution >= 0.6 is 0 Å². The van der Waals surface area contributed by atoms with Gasteiger partial charge >= 0.3 is 5.97 Å². The van der Waals surface area contributed by atoms with Crippen LogP contribution in [0.2, 0.25) is 0 Å². The van der Waals surface area contributed by atoms with Crippen LogP contribution < -0.4 is 0 Å². The highest BCUT2D eigenvalue weighted by Crippen LogP contribution is 2.31. The molecule has 1 saturated heterocycles. The standard InChI is InChI=1S/C18H23NO4S/c1-2-23-18(20)15-9-11-19(12-10-15)24(21,22)17-8-7-14-5-3-4-6-16(14)13-17/h3-6,13,15H,2,7-12H2,1H3. The van der Waals surface area contributed by atoms with Crippen molar-refractivity contribution < 1.29 is 17.9 Å². The number of rotatable bonds is 4. The van der Waals surface area contributed by atoms with Gasteiger partial charge in [0.15, 0.2) is 0 Å². The molecular formula is C18H23NO4S. The van der Waals surface area contributed by atoms with Crippen LogP contribution in [0.25, 0.3) is 6.08 Å². The molecule has 0 saturated carbocycles. The van der Waals surface area contributed by atoms with Gasteiger partial charge < -0.3 is 4.74 Å². The SMILES string of the molecule is CCOC(=O)C1CCN(S(=O)(=O)C2=Cc3ccccc3CC2)CC1. The number of hydrogen-bond acceptors (Lipinski definition) is 4. The number of nitrogens with zero attached hydrogens (tertiary/aromatic N) is 1. The predicted octanol–water partition coefficient (Wildman–Crippen LogP) is 2.58. The molecule has 130 valence electrons. The van der Waals surface area contributed by atoms with Crippen molar-refractivity contribution in [1.82, 2.24) is 4.31 Å². The average Bonchev–Trinajstić information content (AvgIpc) is 2.61. The third-order valence-electron chi connectivity index (χ3n) is 4.76. The van der Waals surface area contributed by atoms with E-state index in [1.54, 1.807) is 13.0 Å². The zero-order valence-corrected chi connectivity index (χ0v) is 14.7. The van der Waals surface area contributed by atoms with Gasteiger partial charge in [-0.25, -0.2) is 8.42 Å². The van der Waals surface area contributed by atoms with E-state index in [-0.39, 0.29) is 11.9 Å². The lowest BCUT2D eigenvalue weighted by Gasteiger charge is -2.31. The van der Waals surface area contributed by atoms with Gasteiger partial charge in [-0.3, -0.25) is 4.79 Å². The van der Waals surface area contributed by atoms with Crippen LogP contribution in [0.15, 0.2) is 29.2 Å². The lowest BCUT2D eigenvalue weighted by atomic mass is 9.98. The van der Waals surface area contributed by atoms with Gasteiger partial charge in [-0.2, -0.15) is 4.31 Å². The number of carbonyl (C=O) groups excluding carboxylic acids is 1. The molecule has 0 atom stereocenters. The normalized spacial score (nSPS) is 19.5. The molecule has 24 heavy (non-hydrogen) atoms. The highest BCUT2D eigenvalue weighted by atomic mass is 32.2. The van der Waals surface area contributed by atoms with Crippen LogP contribution in [0.5, 0.6) is 0 Å². The highest BCUT2D eigenvalue weighted by Gasteiger charge is 2.34. The van der Waals surface area contributed by atoms with Crippen LogP contribution in [0.4, 0.5) is 0 Å². The van der Waals surface area contributed by atoms with Crippen molar-refractivity contribution in [2.24, 2.45) is 5.92 Å². The number of piperidine rings is 1. The minimum atomic E-state index is -3.45. The van der Waals surface area contributed by atoms with Gasteiger partial charge in [0, 0.05) is 13.1 Å². The smallest absolute Gasteiger partial charge is 0.309 e. The molecule has 0 bridgehead atoms. The minimum Gasteiger partial charge on any atom is -0.466 e. The van der Waals surface area contributed by atoms with E-state index in [1.165, 1.54) is 9.87 Å². The molecule has 5 nitrogen and oxygen atoms in total. The summed E-state index contributed by atoms with van der Waals surface area (Å²) >= 11 is 0. The predicted molar refractivity (Wildman–Crippen MR) is 92.6 cm³/mol. The molecule has 1 heterocycles. The topological polar surface area (TPSA) is 63.7 Å². The molecule has 2 aliphatic rings. The number of sulfonamides is 1. The number of allylic oxidation sites excluding steroid dienone is 1. The fraction of sp³-hybridized carbons (Fsp3) is 0.500. The van der Waals surface area contributed by atoms with E-state index < -0.39 is 10.0 Å². The number of aryl methyl sites for hydroxylation is 1. The van der Waals surface area contributed by atoms with Crippen molar-refractivity contribution >= 4 is 22.1 Å². The summed E-state index contributed by atoms with van der Waals surface area (Å²) in [6.45, 7) is 2.91. The Morgan fingerprint density at radius 1 is 1.21 bits per heavy atom. The van der Waals surface area contributed by atoms with Gasteiger partial charge in [-0.15, -0.1) is 0 Å². The van der Waals surface area contributed by atoms with Gasteiger partial charge in [0.25, 0.3) is 0 Å². The fourth-order valence-electron chi connectivity index (χ4n) is 3.37. The second kappa shape index (κ2) is 7.07. The third kappa shape index (κ3) is 3.39. The molecule has 0 radical (unpaired) electrons. The molecule has 0 spiro atoms. The van der Waals surface area contributed by atoms with Crippen LogP contribution in [-0.2, 0) is 26.0 Å². The number of benzene rings is 1. The molecule has 6 heteroatoms. The maximum absolute atomic E-state index is 12.9. The first-order valence-electron chi connectivity index (χ1n) is 8.47.